The molecule has 5 nitrogen and oxygen atoms in total. The molecule has 4 N–H and O–H groups in total. The molecule has 92 valence electrons. The van der Waals surface area contributed by atoms with Gasteiger partial charge in [-0.3, -0.25) is 0 Å². The maximum atomic E-state index is 5.96. The Morgan fingerprint density at radius 1 is 1.18 bits per heavy atom. The fourth-order valence-corrected chi connectivity index (χ4v) is 2.83. The van der Waals surface area contributed by atoms with Crippen LogP contribution in [0.3, 0.4) is 0 Å². The van der Waals surface area contributed by atoms with Gasteiger partial charge >= 0.3 is 0 Å². The van der Waals surface area contributed by atoms with E-state index in [0.717, 1.165) is 43.9 Å². The Balaban J connectivity index is 2.00. The summed E-state index contributed by atoms with van der Waals surface area (Å²) in [6.45, 7) is 1.88. The van der Waals surface area contributed by atoms with Crippen molar-refractivity contribution in [1.82, 2.24) is 9.97 Å². The van der Waals surface area contributed by atoms with Gasteiger partial charge in [-0.25, -0.2) is 4.98 Å². The van der Waals surface area contributed by atoms with Crippen LogP contribution in [0.5, 0.6) is 0 Å². The molecule has 1 fully saturated rings. The number of rotatable bonds is 1. The minimum Gasteiger partial charge on any atom is -0.368 e. The molecule has 1 aromatic heterocycles. The Labute approximate surface area is 101 Å². The van der Waals surface area contributed by atoms with E-state index in [2.05, 4.69) is 14.9 Å². The van der Waals surface area contributed by atoms with Crippen LogP contribution < -0.4 is 16.4 Å². The third-order valence-corrected chi connectivity index (χ3v) is 3.70. The van der Waals surface area contributed by atoms with Crippen LogP contribution in [0.25, 0.3) is 0 Å². The maximum Gasteiger partial charge on any atom is 0.222 e. The molecule has 5 heteroatoms. The highest BCUT2D eigenvalue weighted by Gasteiger charge is 2.25. The number of aryl methyl sites for hydroxylation is 1. The molecule has 2 aliphatic rings. The summed E-state index contributed by atoms with van der Waals surface area (Å²) >= 11 is 0. The lowest BCUT2D eigenvalue weighted by Crippen LogP contribution is -2.29. The van der Waals surface area contributed by atoms with Gasteiger partial charge in [0.1, 0.15) is 5.82 Å². The maximum absolute atomic E-state index is 5.96. The lowest BCUT2D eigenvalue weighted by atomic mass is 9.96. The van der Waals surface area contributed by atoms with Gasteiger partial charge in [0, 0.05) is 24.7 Å². The van der Waals surface area contributed by atoms with Gasteiger partial charge in [-0.15, -0.1) is 0 Å². The van der Waals surface area contributed by atoms with Gasteiger partial charge in [-0.2, -0.15) is 4.98 Å². The van der Waals surface area contributed by atoms with Crippen molar-refractivity contribution in [1.29, 1.82) is 0 Å². The monoisotopic (exact) mass is 233 g/mol. The van der Waals surface area contributed by atoms with Crippen LogP contribution in [0.1, 0.15) is 30.5 Å². The van der Waals surface area contributed by atoms with Gasteiger partial charge in [0.05, 0.1) is 5.69 Å². The Kier molecular flexibility index (Phi) is 2.63. The second-order valence-corrected chi connectivity index (χ2v) is 5.03. The Morgan fingerprint density at radius 3 is 2.76 bits per heavy atom. The number of nitrogen functional groups attached to an aromatic ring is 1. The number of anilines is 2. The summed E-state index contributed by atoms with van der Waals surface area (Å²) in [5.41, 5.74) is 14.2. The summed E-state index contributed by atoms with van der Waals surface area (Å²) in [5.74, 6) is 1.45. The minimum atomic E-state index is 0.269. The van der Waals surface area contributed by atoms with E-state index in [4.69, 9.17) is 11.5 Å². The molecule has 0 saturated carbocycles. The minimum absolute atomic E-state index is 0.269. The molecule has 0 spiro atoms. The second-order valence-electron chi connectivity index (χ2n) is 5.03. The largest absolute Gasteiger partial charge is 0.368 e. The van der Waals surface area contributed by atoms with Crippen LogP contribution >= 0.6 is 0 Å². The van der Waals surface area contributed by atoms with Crippen molar-refractivity contribution in [2.24, 2.45) is 5.73 Å². The van der Waals surface area contributed by atoms with E-state index in [1.807, 2.05) is 0 Å². The van der Waals surface area contributed by atoms with Crippen molar-refractivity contribution >= 4 is 11.8 Å². The molecule has 1 aliphatic heterocycles. The molecular weight excluding hydrogens is 214 g/mol. The fourth-order valence-electron chi connectivity index (χ4n) is 2.83. The molecule has 0 amide bonds. The number of fused-ring (bicyclic) bond motifs is 1. The van der Waals surface area contributed by atoms with E-state index >= 15 is 0 Å². The first-order valence-electron chi connectivity index (χ1n) is 6.40. The zero-order valence-electron chi connectivity index (χ0n) is 10.0. The zero-order valence-corrected chi connectivity index (χ0v) is 10.0. The van der Waals surface area contributed by atoms with E-state index in [1.54, 1.807) is 0 Å². The average Bonchev–Trinajstić information content (AvgIpc) is 2.74. The molecule has 0 bridgehead atoms. The third kappa shape index (κ3) is 1.95. The highest BCUT2D eigenvalue weighted by atomic mass is 15.2. The number of aromatic nitrogens is 2. The Bertz CT molecular complexity index is 431. The first-order valence-corrected chi connectivity index (χ1v) is 6.40. The average molecular weight is 233 g/mol. The van der Waals surface area contributed by atoms with Crippen LogP contribution in [0.4, 0.5) is 11.8 Å². The summed E-state index contributed by atoms with van der Waals surface area (Å²) in [5, 5.41) is 0. The molecule has 3 rings (SSSR count). The van der Waals surface area contributed by atoms with Crippen molar-refractivity contribution < 1.29 is 0 Å². The van der Waals surface area contributed by atoms with Crippen molar-refractivity contribution in [3.05, 3.63) is 11.3 Å². The lowest BCUT2D eigenvalue weighted by molar-refractivity contribution is 0.660. The number of hydrogen-bond donors (Lipinski definition) is 2. The summed E-state index contributed by atoms with van der Waals surface area (Å²) in [6, 6.07) is 0.269. The van der Waals surface area contributed by atoms with Gasteiger partial charge < -0.3 is 16.4 Å². The summed E-state index contributed by atoms with van der Waals surface area (Å²) in [6.07, 6.45) is 5.60. The molecule has 1 unspecified atom stereocenters. The van der Waals surface area contributed by atoms with Crippen molar-refractivity contribution in [3.8, 4) is 0 Å². The zero-order chi connectivity index (χ0) is 11.8. The molecular formula is C12H19N5. The van der Waals surface area contributed by atoms with Gasteiger partial charge in [0.25, 0.3) is 0 Å². The molecule has 17 heavy (non-hydrogen) atoms. The van der Waals surface area contributed by atoms with Gasteiger partial charge in [0.15, 0.2) is 0 Å². The van der Waals surface area contributed by atoms with Crippen LogP contribution in [0.15, 0.2) is 0 Å². The molecule has 1 atom stereocenters. The first kappa shape index (κ1) is 10.8. The summed E-state index contributed by atoms with van der Waals surface area (Å²) in [7, 11) is 0. The molecule has 0 radical (unpaired) electrons. The smallest absolute Gasteiger partial charge is 0.222 e. The van der Waals surface area contributed by atoms with Crippen LogP contribution in [-0.4, -0.2) is 29.1 Å². The first-order chi connectivity index (χ1) is 8.24. The van der Waals surface area contributed by atoms with E-state index in [9.17, 15) is 0 Å². The fraction of sp³-hybridized carbons (Fsp3) is 0.667. The standard InChI is InChI=1S/C12H19N5/c13-8-5-6-17(7-8)11-9-3-1-2-4-10(9)15-12(14)16-11/h8H,1-7,13H2,(H2,14,15,16). The van der Waals surface area contributed by atoms with Crippen molar-refractivity contribution in [3.63, 3.8) is 0 Å². The van der Waals surface area contributed by atoms with Crippen LogP contribution in [-0.2, 0) is 12.8 Å². The third-order valence-electron chi connectivity index (χ3n) is 3.70. The van der Waals surface area contributed by atoms with E-state index in [-0.39, 0.29) is 6.04 Å². The van der Waals surface area contributed by atoms with Gasteiger partial charge in [-0.05, 0) is 32.1 Å². The van der Waals surface area contributed by atoms with Gasteiger partial charge in [-0.1, -0.05) is 0 Å². The SMILES string of the molecule is Nc1nc2c(c(N3CCC(N)C3)n1)CCCC2. The second kappa shape index (κ2) is 4.14. The van der Waals surface area contributed by atoms with Crippen LogP contribution in [0.2, 0.25) is 0 Å². The summed E-state index contributed by atoms with van der Waals surface area (Å²) < 4.78 is 0. The van der Waals surface area contributed by atoms with E-state index in [1.165, 1.54) is 18.4 Å². The van der Waals surface area contributed by atoms with Gasteiger partial charge in [0.2, 0.25) is 5.95 Å². The number of hydrogen-bond acceptors (Lipinski definition) is 5. The normalized spacial score (nSPS) is 23.8. The quantitative estimate of drug-likeness (QED) is 0.737. The number of nitrogens with two attached hydrogens (primary N) is 2. The van der Waals surface area contributed by atoms with E-state index in [0.29, 0.717) is 5.95 Å². The Hall–Kier alpha value is -1.36. The Morgan fingerprint density at radius 2 is 2.00 bits per heavy atom. The topological polar surface area (TPSA) is 81.1 Å². The number of nitrogens with zero attached hydrogens (tertiary/aromatic N) is 3. The van der Waals surface area contributed by atoms with Crippen molar-refractivity contribution in [2.75, 3.05) is 23.7 Å². The molecule has 1 aliphatic carbocycles. The lowest BCUT2D eigenvalue weighted by Gasteiger charge is -2.24. The predicted molar refractivity (Wildman–Crippen MR) is 67.9 cm³/mol. The van der Waals surface area contributed by atoms with Crippen LogP contribution in [0, 0.1) is 0 Å². The molecule has 1 saturated heterocycles. The highest BCUT2D eigenvalue weighted by molar-refractivity contribution is 5.53. The van der Waals surface area contributed by atoms with Crippen molar-refractivity contribution in [2.45, 2.75) is 38.1 Å². The highest BCUT2D eigenvalue weighted by Crippen LogP contribution is 2.30. The molecule has 2 heterocycles. The molecule has 0 aromatic carbocycles. The summed E-state index contributed by atoms with van der Waals surface area (Å²) in [4.78, 5) is 11.1. The molecule has 1 aromatic rings. The predicted octanol–water partition coefficient (Wildman–Crippen LogP) is 0.475. The van der Waals surface area contributed by atoms with E-state index < -0.39 is 0 Å².